The molecule has 2 aliphatic rings. The van der Waals surface area contributed by atoms with Gasteiger partial charge in [-0.15, -0.1) is 0 Å². The number of allylic oxidation sites excluding steroid dienone is 3. The molecule has 1 aliphatic carbocycles. The van der Waals surface area contributed by atoms with Gasteiger partial charge >= 0.3 is 0 Å². The van der Waals surface area contributed by atoms with Gasteiger partial charge in [0.05, 0.1) is 17.6 Å². The number of carbonyl (C=O) groups is 1. The van der Waals surface area contributed by atoms with E-state index in [0.29, 0.717) is 11.2 Å². The largest absolute Gasteiger partial charge is 0.272 e. The van der Waals surface area contributed by atoms with E-state index in [1.54, 1.807) is 50.4 Å². The SMILES string of the molecule is CC1=NN(c2ccc3ccn(S(=O)(=O)C4(C)C=CC=CC4C)c3c2)C(=O)C1. The molecule has 27 heavy (non-hydrogen) atoms. The first kappa shape index (κ1) is 17.7. The molecule has 2 heterocycles. The maximum atomic E-state index is 13.5. The van der Waals surface area contributed by atoms with Gasteiger partial charge in [0.15, 0.2) is 0 Å². The predicted molar refractivity (Wildman–Crippen MR) is 107 cm³/mol. The molecule has 0 spiro atoms. The summed E-state index contributed by atoms with van der Waals surface area (Å²) in [6, 6.07) is 7.08. The lowest BCUT2D eigenvalue weighted by atomic mass is 9.91. The molecule has 2 aromatic rings. The Balaban J connectivity index is 1.86. The van der Waals surface area contributed by atoms with Crippen molar-refractivity contribution in [2.24, 2.45) is 11.0 Å². The van der Waals surface area contributed by atoms with Crippen molar-refractivity contribution >= 4 is 38.2 Å². The Labute approximate surface area is 158 Å². The van der Waals surface area contributed by atoms with Crippen LogP contribution in [0.15, 0.2) is 59.9 Å². The number of hydrazone groups is 1. The Hall–Kier alpha value is -2.67. The molecule has 0 bridgehead atoms. The van der Waals surface area contributed by atoms with Crippen LogP contribution >= 0.6 is 0 Å². The monoisotopic (exact) mass is 383 g/mol. The third kappa shape index (κ3) is 2.56. The zero-order valence-electron chi connectivity index (χ0n) is 15.5. The second-order valence-corrected chi connectivity index (χ2v) is 9.52. The van der Waals surface area contributed by atoms with E-state index in [1.165, 1.54) is 8.98 Å². The number of aromatic nitrogens is 1. The van der Waals surface area contributed by atoms with Crippen LogP contribution in [0.3, 0.4) is 0 Å². The molecular weight excluding hydrogens is 362 g/mol. The molecular formula is C20H21N3O3S. The van der Waals surface area contributed by atoms with Crippen LogP contribution in [-0.2, 0) is 14.8 Å². The summed E-state index contributed by atoms with van der Waals surface area (Å²) in [7, 11) is -3.72. The van der Waals surface area contributed by atoms with E-state index in [2.05, 4.69) is 5.10 Å². The highest BCUT2D eigenvalue weighted by Crippen LogP contribution is 2.36. The molecule has 1 aromatic carbocycles. The Morgan fingerprint density at radius 3 is 2.67 bits per heavy atom. The molecule has 7 heteroatoms. The minimum absolute atomic E-state index is 0.117. The Morgan fingerprint density at radius 2 is 2.00 bits per heavy atom. The minimum Gasteiger partial charge on any atom is -0.272 e. The van der Waals surface area contributed by atoms with E-state index in [4.69, 9.17) is 0 Å². The van der Waals surface area contributed by atoms with Crippen molar-refractivity contribution < 1.29 is 13.2 Å². The van der Waals surface area contributed by atoms with Crippen molar-refractivity contribution in [3.8, 4) is 0 Å². The van der Waals surface area contributed by atoms with Crippen LogP contribution in [-0.4, -0.2) is 28.8 Å². The maximum Gasteiger partial charge on any atom is 0.253 e. The van der Waals surface area contributed by atoms with Crippen LogP contribution in [0.4, 0.5) is 5.69 Å². The van der Waals surface area contributed by atoms with Crippen LogP contribution in [0, 0.1) is 5.92 Å². The van der Waals surface area contributed by atoms with Gasteiger partial charge in [0.1, 0.15) is 4.75 Å². The van der Waals surface area contributed by atoms with Gasteiger partial charge in [-0.05, 0) is 38.0 Å². The van der Waals surface area contributed by atoms with Crippen LogP contribution < -0.4 is 5.01 Å². The number of fused-ring (bicyclic) bond motifs is 1. The predicted octanol–water partition coefficient (Wildman–Crippen LogP) is 3.45. The molecule has 6 nitrogen and oxygen atoms in total. The van der Waals surface area contributed by atoms with Gasteiger partial charge in [0, 0.05) is 17.3 Å². The lowest BCUT2D eigenvalue weighted by Crippen LogP contribution is -2.43. The third-order valence-electron chi connectivity index (χ3n) is 5.46. The maximum absolute atomic E-state index is 13.5. The molecule has 1 aliphatic heterocycles. The van der Waals surface area contributed by atoms with Gasteiger partial charge in [-0.3, -0.25) is 4.79 Å². The minimum atomic E-state index is -3.72. The lowest BCUT2D eigenvalue weighted by molar-refractivity contribution is -0.116. The summed E-state index contributed by atoms with van der Waals surface area (Å²) < 4.78 is 27.3. The average molecular weight is 383 g/mol. The van der Waals surface area contributed by atoms with E-state index in [-0.39, 0.29) is 18.2 Å². The number of carbonyl (C=O) groups excluding carboxylic acids is 1. The fraction of sp³-hybridized carbons (Fsp3) is 0.300. The van der Waals surface area contributed by atoms with Crippen molar-refractivity contribution in [2.45, 2.75) is 31.9 Å². The van der Waals surface area contributed by atoms with Gasteiger partial charge < -0.3 is 0 Å². The van der Waals surface area contributed by atoms with Crippen molar-refractivity contribution in [1.29, 1.82) is 0 Å². The smallest absolute Gasteiger partial charge is 0.253 e. The summed E-state index contributed by atoms with van der Waals surface area (Å²) in [5.74, 6) is -0.283. The van der Waals surface area contributed by atoms with E-state index in [9.17, 15) is 13.2 Å². The van der Waals surface area contributed by atoms with Crippen LogP contribution in [0.5, 0.6) is 0 Å². The number of rotatable bonds is 3. The van der Waals surface area contributed by atoms with Gasteiger partial charge in [-0.2, -0.15) is 5.10 Å². The Bertz CT molecular complexity index is 1140. The fourth-order valence-electron chi connectivity index (χ4n) is 3.54. The normalized spacial score (nSPS) is 25.4. The molecule has 140 valence electrons. The summed E-state index contributed by atoms with van der Waals surface area (Å²) in [5.41, 5.74) is 1.84. The third-order valence-corrected chi connectivity index (χ3v) is 7.91. The fourth-order valence-corrected chi connectivity index (χ4v) is 5.40. The van der Waals surface area contributed by atoms with Crippen LogP contribution in [0.1, 0.15) is 27.2 Å². The molecule has 0 saturated carbocycles. The molecule has 0 saturated heterocycles. The van der Waals surface area contributed by atoms with Gasteiger partial charge in [-0.1, -0.05) is 37.3 Å². The van der Waals surface area contributed by atoms with Crippen LogP contribution in [0.2, 0.25) is 0 Å². The molecule has 0 fully saturated rings. The van der Waals surface area contributed by atoms with Gasteiger partial charge in [-0.25, -0.2) is 17.4 Å². The molecule has 4 rings (SSSR count). The number of benzene rings is 1. The highest BCUT2D eigenvalue weighted by molar-refractivity contribution is 7.91. The lowest BCUT2D eigenvalue weighted by Gasteiger charge is -2.32. The Kier molecular flexibility index (Phi) is 3.89. The van der Waals surface area contributed by atoms with Crippen LogP contribution in [0.25, 0.3) is 10.9 Å². The van der Waals surface area contributed by atoms with E-state index in [0.717, 1.165) is 11.1 Å². The summed E-state index contributed by atoms with van der Waals surface area (Å²) >= 11 is 0. The average Bonchev–Trinajstić information content (AvgIpc) is 3.19. The first-order valence-corrected chi connectivity index (χ1v) is 10.3. The highest BCUT2D eigenvalue weighted by atomic mass is 32.2. The zero-order chi connectivity index (χ0) is 19.4. The van der Waals surface area contributed by atoms with Crippen molar-refractivity contribution in [3.05, 3.63) is 54.8 Å². The highest BCUT2D eigenvalue weighted by Gasteiger charge is 2.43. The van der Waals surface area contributed by atoms with Crippen molar-refractivity contribution in [3.63, 3.8) is 0 Å². The zero-order valence-corrected chi connectivity index (χ0v) is 16.3. The second kappa shape index (κ2) is 5.92. The van der Waals surface area contributed by atoms with Crippen molar-refractivity contribution in [2.75, 3.05) is 5.01 Å². The van der Waals surface area contributed by atoms with Gasteiger partial charge in [0.2, 0.25) is 10.0 Å². The quantitative estimate of drug-likeness (QED) is 0.815. The molecule has 1 amide bonds. The molecule has 0 N–H and O–H groups in total. The van der Waals surface area contributed by atoms with E-state index < -0.39 is 14.8 Å². The summed E-state index contributed by atoms with van der Waals surface area (Å²) in [4.78, 5) is 12.2. The first-order valence-electron chi connectivity index (χ1n) is 8.83. The van der Waals surface area contributed by atoms with Gasteiger partial charge in [0.25, 0.3) is 5.91 Å². The van der Waals surface area contributed by atoms with Crippen molar-refractivity contribution in [1.82, 2.24) is 3.97 Å². The van der Waals surface area contributed by atoms with E-state index >= 15 is 0 Å². The standard InChI is InChI=1S/C20H21N3O3S/c1-14-6-4-5-10-20(14,3)27(25,26)22-11-9-16-7-8-17(13-18(16)22)23-19(24)12-15(2)21-23/h4-11,13-14H,12H2,1-3H3. The number of hydrogen-bond acceptors (Lipinski definition) is 4. The molecule has 0 radical (unpaired) electrons. The number of anilines is 1. The second-order valence-electron chi connectivity index (χ2n) is 7.29. The molecule has 2 atom stereocenters. The number of hydrogen-bond donors (Lipinski definition) is 0. The summed E-state index contributed by atoms with van der Waals surface area (Å²) in [6.07, 6.45) is 9.13. The summed E-state index contributed by atoms with van der Waals surface area (Å²) in [6.45, 7) is 5.43. The number of amides is 1. The Morgan fingerprint density at radius 1 is 1.22 bits per heavy atom. The molecule has 1 aromatic heterocycles. The first-order chi connectivity index (χ1) is 12.7. The number of nitrogens with zero attached hydrogens (tertiary/aromatic N) is 3. The summed E-state index contributed by atoms with van der Waals surface area (Å²) in [5, 5.41) is 6.39. The topological polar surface area (TPSA) is 71.7 Å². The molecule has 2 unspecified atom stereocenters. The van der Waals surface area contributed by atoms with E-state index in [1.807, 2.05) is 25.1 Å².